The van der Waals surface area contributed by atoms with Gasteiger partial charge in [0.05, 0.1) is 29.5 Å². The van der Waals surface area contributed by atoms with Crippen molar-refractivity contribution in [2.45, 2.75) is 37.1 Å². The van der Waals surface area contributed by atoms with Crippen molar-refractivity contribution in [2.24, 2.45) is 0 Å². The van der Waals surface area contributed by atoms with Gasteiger partial charge in [0.15, 0.2) is 0 Å². The minimum atomic E-state index is -4.08. The van der Waals surface area contributed by atoms with Crippen LogP contribution in [0.5, 0.6) is 11.5 Å². The second kappa shape index (κ2) is 9.35. The Labute approximate surface area is 199 Å². The lowest BCUT2D eigenvalue weighted by atomic mass is 10.1. The van der Waals surface area contributed by atoms with Crippen molar-refractivity contribution < 1.29 is 17.9 Å². The maximum atomic E-state index is 13.6. The number of fused-ring (bicyclic) bond motifs is 1. The molecule has 176 valence electrons. The van der Waals surface area contributed by atoms with Crippen LogP contribution in [0.2, 0.25) is 0 Å². The molecule has 1 heterocycles. The molecule has 0 spiro atoms. The molecule has 0 bridgehead atoms. The van der Waals surface area contributed by atoms with Crippen LogP contribution in [0, 0.1) is 13.8 Å². The predicted octanol–water partition coefficient (Wildman–Crippen LogP) is 4.91. The van der Waals surface area contributed by atoms with Gasteiger partial charge in [-0.15, -0.1) is 0 Å². The molecule has 0 aliphatic rings. The molecule has 0 aliphatic carbocycles. The molecule has 0 saturated heterocycles. The van der Waals surface area contributed by atoms with E-state index in [1.165, 1.54) is 25.4 Å². The first kappa shape index (κ1) is 23.6. The second-order valence-corrected chi connectivity index (χ2v) is 10.1. The van der Waals surface area contributed by atoms with Gasteiger partial charge in [0, 0.05) is 12.7 Å². The van der Waals surface area contributed by atoms with Crippen LogP contribution in [0.4, 0.5) is 0 Å². The molecular weight excluding hydrogens is 450 g/mol. The minimum Gasteiger partial charge on any atom is -0.497 e. The molecule has 0 unspecified atom stereocenters. The molecule has 34 heavy (non-hydrogen) atoms. The van der Waals surface area contributed by atoms with E-state index in [1.807, 2.05) is 37.5 Å². The van der Waals surface area contributed by atoms with Crippen LogP contribution < -0.4 is 14.9 Å². The van der Waals surface area contributed by atoms with E-state index in [4.69, 9.17) is 9.47 Å². The van der Waals surface area contributed by atoms with Crippen LogP contribution in [0.1, 0.15) is 23.6 Å². The number of pyridine rings is 1. The topological polar surface area (TPSA) is 74.6 Å². The first-order chi connectivity index (χ1) is 16.2. The Morgan fingerprint density at radius 3 is 2.29 bits per heavy atom. The number of nitrogens with zero attached hydrogens (tertiary/aromatic N) is 1. The summed E-state index contributed by atoms with van der Waals surface area (Å²) < 4.78 is 39.7. The van der Waals surface area contributed by atoms with Crippen LogP contribution in [0.15, 0.2) is 81.4 Å². The molecule has 6 nitrogen and oxygen atoms in total. The van der Waals surface area contributed by atoms with Gasteiger partial charge in [-0.1, -0.05) is 23.8 Å². The van der Waals surface area contributed by atoms with Crippen LogP contribution in [0.25, 0.3) is 10.9 Å². The number of benzene rings is 3. The van der Waals surface area contributed by atoms with Crippen molar-refractivity contribution in [1.29, 1.82) is 0 Å². The number of hydrogen-bond acceptors (Lipinski definition) is 5. The minimum absolute atomic E-state index is 0.0357. The van der Waals surface area contributed by atoms with Crippen LogP contribution in [-0.2, 0) is 16.4 Å². The van der Waals surface area contributed by atoms with E-state index in [-0.39, 0.29) is 15.2 Å². The Bertz CT molecular complexity index is 1520. The number of ether oxygens (including phenoxy) is 2. The van der Waals surface area contributed by atoms with Crippen LogP contribution in [-0.4, -0.2) is 26.7 Å². The van der Waals surface area contributed by atoms with Crippen molar-refractivity contribution in [3.8, 4) is 11.5 Å². The zero-order valence-electron chi connectivity index (χ0n) is 19.7. The molecule has 0 saturated carbocycles. The first-order valence-electron chi connectivity index (χ1n) is 11.0. The molecule has 0 amide bonds. The summed E-state index contributed by atoms with van der Waals surface area (Å²) in [6.45, 7) is 6.77. The van der Waals surface area contributed by atoms with Crippen LogP contribution >= 0.6 is 0 Å². The average molecular weight is 478 g/mol. The molecule has 0 N–H and O–H groups in total. The number of aryl methyl sites for hydroxylation is 2. The first-order valence-corrected chi connectivity index (χ1v) is 12.5. The summed E-state index contributed by atoms with van der Waals surface area (Å²) in [7, 11) is -2.56. The van der Waals surface area contributed by atoms with E-state index in [0.717, 1.165) is 16.7 Å². The predicted molar refractivity (Wildman–Crippen MR) is 133 cm³/mol. The lowest BCUT2D eigenvalue weighted by molar-refractivity contribution is 0.340. The van der Waals surface area contributed by atoms with Gasteiger partial charge < -0.3 is 14.0 Å². The van der Waals surface area contributed by atoms with Gasteiger partial charge in [-0.3, -0.25) is 4.79 Å². The summed E-state index contributed by atoms with van der Waals surface area (Å²) >= 11 is 0. The largest absolute Gasteiger partial charge is 0.497 e. The van der Waals surface area contributed by atoms with E-state index in [0.29, 0.717) is 30.2 Å². The zero-order chi connectivity index (χ0) is 24.5. The van der Waals surface area contributed by atoms with Crippen molar-refractivity contribution in [2.75, 3.05) is 13.7 Å². The Kier molecular flexibility index (Phi) is 6.48. The van der Waals surface area contributed by atoms with E-state index < -0.39 is 15.3 Å². The Balaban J connectivity index is 1.93. The summed E-state index contributed by atoms with van der Waals surface area (Å²) in [5.74, 6) is 1.05. The highest BCUT2D eigenvalue weighted by atomic mass is 32.2. The standard InChI is InChI=1S/C27H27NO5S/c1-5-33-21-8-11-23(12-9-21)34(30,31)26-17-28(16-20-14-18(2)6-7-19(20)3)25-13-10-22(32-4)15-24(25)27(26)29/h6-15,17H,5,16H2,1-4H3. The van der Waals surface area contributed by atoms with E-state index in [9.17, 15) is 13.2 Å². The number of sulfone groups is 1. The highest BCUT2D eigenvalue weighted by Crippen LogP contribution is 2.26. The maximum Gasteiger partial charge on any atom is 0.211 e. The van der Waals surface area contributed by atoms with Gasteiger partial charge in [-0.05, 0) is 74.4 Å². The fourth-order valence-electron chi connectivity index (χ4n) is 3.96. The molecule has 0 atom stereocenters. The lowest BCUT2D eigenvalue weighted by Crippen LogP contribution is -2.20. The smallest absolute Gasteiger partial charge is 0.211 e. The van der Waals surface area contributed by atoms with Gasteiger partial charge in [0.2, 0.25) is 15.3 Å². The molecule has 0 fully saturated rings. The van der Waals surface area contributed by atoms with E-state index in [1.54, 1.807) is 30.3 Å². The quantitative estimate of drug-likeness (QED) is 0.378. The molecule has 7 heteroatoms. The maximum absolute atomic E-state index is 13.6. The molecule has 4 rings (SSSR count). The highest BCUT2D eigenvalue weighted by Gasteiger charge is 2.24. The van der Waals surface area contributed by atoms with Gasteiger partial charge in [0.1, 0.15) is 16.4 Å². The number of hydrogen-bond donors (Lipinski definition) is 0. The second-order valence-electron chi connectivity index (χ2n) is 8.17. The number of methoxy groups -OCH3 is 1. The fraction of sp³-hybridized carbons (Fsp3) is 0.222. The van der Waals surface area contributed by atoms with E-state index >= 15 is 0 Å². The number of aromatic nitrogens is 1. The normalized spacial score (nSPS) is 11.5. The summed E-state index contributed by atoms with van der Waals surface area (Å²) in [5, 5.41) is 0.289. The third kappa shape index (κ3) is 4.43. The third-order valence-corrected chi connectivity index (χ3v) is 7.60. The van der Waals surface area contributed by atoms with Gasteiger partial charge >= 0.3 is 0 Å². The molecule has 4 aromatic rings. The molecule has 3 aromatic carbocycles. The Morgan fingerprint density at radius 2 is 1.62 bits per heavy atom. The Hall–Kier alpha value is -3.58. The number of rotatable bonds is 7. The van der Waals surface area contributed by atoms with E-state index in [2.05, 4.69) is 6.07 Å². The monoisotopic (exact) mass is 477 g/mol. The molecular formula is C27H27NO5S. The molecule has 0 radical (unpaired) electrons. The van der Waals surface area contributed by atoms with Crippen molar-refractivity contribution in [3.05, 3.63) is 93.8 Å². The average Bonchev–Trinajstić information content (AvgIpc) is 2.83. The summed E-state index contributed by atoms with van der Waals surface area (Å²) in [6.07, 6.45) is 1.45. The van der Waals surface area contributed by atoms with Gasteiger partial charge in [-0.25, -0.2) is 8.42 Å². The lowest BCUT2D eigenvalue weighted by Gasteiger charge is -2.16. The summed E-state index contributed by atoms with van der Waals surface area (Å²) in [6, 6.07) is 17.4. The van der Waals surface area contributed by atoms with Crippen molar-refractivity contribution >= 4 is 20.7 Å². The van der Waals surface area contributed by atoms with Crippen LogP contribution in [0.3, 0.4) is 0 Å². The van der Waals surface area contributed by atoms with Gasteiger partial charge in [0.25, 0.3) is 0 Å². The molecule has 0 aliphatic heterocycles. The third-order valence-electron chi connectivity index (χ3n) is 5.83. The fourth-order valence-corrected chi connectivity index (χ4v) is 5.33. The zero-order valence-corrected chi connectivity index (χ0v) is 20.5. The van der Waals surface area contributed by atoms with Crippen molar-refractivity contribution in [1.82, 2.24) is 4.57 Å². The van der Waals surface area contributed by atoms with Crippen molar-refractivity contribution in [3.63, 3.8) is 0 Å². The SMILES string of the molecule is CCOc1ccc(S(=O)(=O)c2cn(Cc3cc(C)ccc3C)c3ccc(OC)cc3c2=O)cc1. The highest BCUT2D eigenvalue weighted by molar-refractivity contribution is 7.91. The molecule has 1 aromatic heterocycles. The van der Waals surface area contributed by atoms with Gasteiger partial charge in [-0.2, -0.15) is 0 Å². The summed E-state index contributed by atoms with van der Waals surface area (Å²) in [4.78, 5) is 13.2. The Morgan fingerprint density at radius 1 is 0.912 bits per heavy atom. The summed E-state index contributed by atoms with van der Waals surface area (Å²) in [5.41, 5.74) is 3.32.